The standard InChI is InChI=1S/C13H22N2O2S2/c1-4-13(5-2,18-3)10-15-19(16,17)12-9-7-6-8-11(12)14/h6-9,15H,4-5,10,14H2,1-3H3. The normalized spacial score (nSPS) is 12.6. The molecule has 0 saturated heterocycles. The second kappa shape index (κ2) is 6.63. The van der Waals surface area contributed by atoms with Crippen LogP contribution in [0.1, 0.15) is 26.7 Å². The van der Waals surface area contributed by atoms with Crippen molar-refractivity contribution in [2.75, 3.05) is 18.5 Å². The number of nitrogen functional groups attached to an aromatic ring is 1. The smallest absolute Gasteiger partial charge is 0.242 e. The maximum atomic E-state index is 12.2. The van der Waals surface area contributed by atoms with Gasteiger partial charge < -0.3 is 5.73 Å². The van der Waals surface area contributed by atoms with Crippen molar-refractivity contribution in [2.45, 2.75) is 36.3 Å². The molecule has 1 aromatic rings. The average Bonchev–Trinajstić information content (AvgIpc) is 2.41. The number of para-hydroxylation sites is 1. The minimum atomic E-state index is -3.54. The fourth-order valence-corrected chi connectivity index (χ4v) is 4.03. The van der Waals surface area contributed by atoms with Crippen LogP contribution in [0.4, 0.5) is 5.69 Å². The van der Waals surface area contributed by atoms with E-state index >= 15 is 0 Å². The summed E-state index contributed by atoms with van der Waals surface area (Å²) in [4.78, 5) is 0.150. The molecule has 0 spiro atoms. The molecule has 1 rings (SSSR count). The first-order chi connectivity index (χ1) is 8.90. The second-order valence-electron chi connectivity index (χ2n) is 4.46. The number of rotatable bonds is 7. The van der Waals surface area contributed by atoms with Gasteiger partial charge in [-0.1, -0.05) is 26.0 Å². The van der Waals surface area contributed by atoms with Crippen molar-refractivity contribution >= 4 is 27.5 Å². The molecule has 0 saturated carbocycles. The molecule has 6 heteroatoms. The third-order valence-corrected chi connectivity index (χ3v) is 6.58. The molecule has 0 amide bonds. The summed E-state index contributed by atoms with van der Waals surface area (Å²) < 4.78 is 27.1. The third kappa shape index (κ3) is 3.87. The number of thioether (sulfide) groups is 1. The number of hydrogen-bond acceptors (Lipinski definition) is 4. The summed E-state index contributed by atoms with van der Waals surface area (Å²) >= 11 is 1.70. The lowest BCUT2D eigenvalue weighted by atomic mass is 10.0. The van der Waals surface area contributed by atoms with Gasteiger partial charge in [-0.05, 0) is 31.2 Å². The van der Waals surface area contributed by atoms with Gasteiger partial charge in [0.1, 0.15) is 4.90 Å². The van der Waals surface area contributed by atoms with Gasteiger partial charge >= 0.3 is 0 Å². The number of sulfonamides is 1. The molecule has 1 aromatic carbocycles. The van der Waals surface area contributed by atoms with E-state index in [0.29, 0.717) is 6.54 Å². The fraction of sp³-hybridized carbons (Fsp3) is 0.538. The predicted molar refractivity (Wildman–Crippen MR) is 82.9 cm³/mol. The summed E-state index contributed by atoms with van der Waals surface area (Å²) in [7, 11) is -3.54. The fourth-order valence-electron chi connectivity index (χ4n) is 1.89. The summed E-state index contributed by atoms with van der Waals surface area (Å²) in [5.74, 6) is 0. The van der Waals surface area contributed by atoms with Gasteiger partial charge in [0.2, 0.25) is 10.0 Å². The Kier molecular flexibility index (Phi) is 5.70. The summed E-state index contributed by atoms with van der Waals surface area (Å²) in [6.45, 7) is 4.56. The van der Waals surface area contributed by atoms with Crippen molar-refractivity contribution in [3.63, 3.8) is 0 Å². The molecule has 0 aliphatic carbocycles. The quantitative estimate of drug-likeness (QED) is 0.759. The van der Waals surface area contributed by atoms with Crippen molar-refractivity contribution in [1.82, 2.24) is 4.72 Å². The SMILES string of the molecule is CCC(CC)(CNS(=O)(=O)c1ccccc1N)SC. The maximum absolute atomic E-state index is 12.2. The van der Waals surface area contributed by atoms with E-state index in [9.17, 15) is 8.42 Å². The Bertz CT molecular complexity index is 503. The van der Waals surface area contributed by atoms with Crippen LogP contribution in [0.25, 0.3) is 0 Å². The molecule has 108 valence electrons. The Morgan fingerprint density at radius 2 is 1.84 bits per heavy atom. The zero-order chi connectivity index (χ0) is 14.5. The summed E-state index contributed by atoms with van der Waals surface area (Å²) in [6.07, 6.45) is 3.84. The lowest BCUT2D eigenvalue weighted by Gasteiger charge is -2.29. The van der Waals surface area contributed by atoms with Gasteiger partial charge in [0.15, 0.2) is 0 Å². The van der Waals surface area contributed by atoms with Crippen molar-refractivity contribution in [3.8, 4) is 0 Å². The third-order valence-electron chi connectivity index (χ3n) is 3.51. The van der Waals surface area contributed by atoms with Crippen LogP contribution in [0.5, 0.6) is 0 Å². The monoisotopic (exact) mass is 302 g/mol. The molecule has 0 bridgehead atoms. The van der Waals surface area contributed by atoms with Crippen LogP contribution in [0.3, 0.4) is 0 Å². The first-order valence-corrected chi connectivity index (χ1v) is 9.01. The molecule has 0 radical (unpaired) electrons. The summed E-state index contributed by atoms with van der Waals surface area (Å²) in [5, 5.41) is 0. The van der Waals surface area contributed by atoms with Crippen LogP contribution < -0.4 is 10.5 Å². The molecule has 0 atom stereocenters. The van der Waals surface area contributed by atoms with Gasteiger partial charge in [-0.15, -0.1) is 0 Å². The highest BCUT2D eigenvalue weighted by Gasteiger charge is 2.28. The average molecular weight is 302 g/mol. The van der Waals surface area contributed by atoms with E-state index < -0.39 is 10.0 Å². The van der Waals surface area contributed by atoms with Crippen molar-refractivity contribution < 1.29 is 8.42 Å². The Hall–Kier alpha value is -0.720. The van der Waals surface area contributed by atoms with E-state index in [4.69, 9.17) is 5.73 Å². The molecular weight excluding hydrogens is 280 g/mol. The topological polar surface area (TPSA) is 72.2 Å². The Labute approximate surface area is 120 Å². The van der Waals surface area contributed by atoms with Crippen LogP contribution >= 0.6 is 11.8 Å². The van der Waals surface area contributed by atoms with E-state index in [-0.39, 0.29) is 15.3 Å². The van der Waals surface area contributed by atoms with Crippen LogP contribution in [0, 0.1) is 0 Å². The number of nitrogens with one attached hydrogen (secondary N) is 1. The molecular formula is C13H22N2O2S2. The molecule has 19 heavy (non-hydrogen) atoms. The zero-order valence-corrected chi connectivity index (χ0v) is 13.3. The van der Waals surface area contributed by atoms with Gasteiger partial charge in [0.25, 0.3) is 0 Å². The molecule has 0 aromatic heterocycles. The minimum absolute atomic E-state index is 0.0589. The van der Waals surface area contributed by atoms with Crippen LogP contribution in [0.15, 0.2) is 29.2 Å². The lowest BCUT2D eigenvalue weighted by molar-refractivity contribution is 0.522. The zero-order valence-electron chi connectivity index (χ0n) is 11.6. The highest BCUT2D eigenvalue weighted by atomic mass is 32.2. The molecule has 0 aliphatic rings. The van der Waals surface area contributed by atoms with Crippen LogP contribution in [-0.2, 0) is 10.0 Å². The van der Waals surface area contributed by atoms with E-state index in [0.717, 1.165) is 12.8 Å². The van der Waals surface area contributed by atoms with E-state index in [1.165, 1.54) is 6.07 Å². The van der Waals surface area contributed by atoms with E-state index in [1.54, 1.807) is 30.0 Å². The van der Waals surface area contributed by atoms with Crippen LogP contribution in [0.2, 0.25) is 0 Å². The predicted octanol–water partition coefficient (Wildman–Crippen LogP) is 2.47. The molecule has 0 heterocycles. The summed E-state index contributed by atoms with van der Waals surface area (Å²) in [6, 6.07) is 6.51. The van der Waals surface area contributed by atoms with Gasteiger partial charge in [-0.3, -0.25) is 0 Å². The lowest BCUT2D eigenvalue weighted by Crippen LogP contribution is -2.39. The van der Waals surface area contributed by atoms with Gasteiger partial charge in [-0.25, -0.2) is 13.1 Å². The Morgan fingerprint density at radius 3 is 2.32 bits per heavy atom. The van der Waals surface area contributed by atoms with Gasteiger partial charge in [-0.2, -0.15) is 11.8 Å². The van der Waals surface area contributed by atoms with E-state index in [2.05, 4.69) is 18.6 Å². The Morgan fingerprint density at radius 1 is 1.26 bits per heavy atom. The maximum Gasteiger partial charge on any atom is 0.242 e. The van der Waals surface area contributed by atoms with Crippen molar-refractivity contribution in [1.29, 1.82) is 0 Å². The largest absolute Gasteiger partial charge is 0.398 e. The number of nitrogens with two attached hydrogens (primary N) is 1. The Balaban J connectivity index is 2.90. The molecule has 0 aliphatic heterocycles. The highest BCUT2D eigenvalue weighted by molar-refractivity contribution is 8.00. The number of anilines is 1. The van der Waals surface area contributed by atoms with Gasteiger partial charge in [0, 0.05) is 11.3 Å². The molecule has 0 fully saturated rings. The first kappa shape index (κ1) is 16.3. The van der Waals surface area contributed by atoms with E-state index in [1.807, 2.05) is 6.26 Å². The van der Waals surface area contributed by atoms with Crippen LogP contribution in [-0.4, -0.2) is 26.0 Å². The molecule has 0 unspecified atom stereocenters. The second-order valence-corrected chi connectivity index (χ2v) is 7.47. The summed E-state index contributed by atoms with van der Waals surface area (Å²) in [5.41, 5.74) is 5.99. The minimum Gasteiger partial charge on any atom is -0.398 e. The van der Waals surface area contributed by atoms with Crippen molar-refractivity contribution in [2.24, 2.45) is 0 Å². The number of hydrogen-bond donors (Lipinski definition) is 2. The first-order valence-electron chi connectivity index (χ1n) is 6.30. The molecule has 3 N–H and O–H groups in total. The highest BCUT2D eigenvalue weighted by Crippen LogP contribution is 2.30. The number of benzene rings is 1. The van der Waals surface area contributed by atoms with Crippen molar-refractivity contribution in [3.05, 3.63) is 24.3 Å². The molecule has 4 nitrogen and oxygen atoms in total. The van der Waals surface area contributed by atoms with Gasteiger partial charge in [0.05, 0.1) is 5.69 Å².